The van der Waals surface area contributed by atoms with E-state index >= 15 is 0 Å². The molecule has 0 spiro atoms. The standard InChI is InChI=1S/C19H22N4O4/c1-3-27-16-6-4-12(10-14(16)18(25)26)15-8-9-20-19(22-15)21-13-5-7-17(24)23(2)11-13/h4,6,8-10,13H,3,5,7,11H2,1-2H3,(H,25,26)(H,20,21,22). The number of aromatic carboxylic acids is 1. The highest BCUT2D eigenvalue weighted by molar-refractivity contribution is 5.92. The van der Waals surface area contributed by atoms with Crippen LogP contribution in [0.25, 0.3) is 11.3 Å². The number of ether oxygens (including phenoxy) is 1. The van der Waals surface area contributed by atoms with Gasteiger partial charge in [0.2, 0.25) is 11.9 Å². The lowest BCUT2D eigenvalue weighted by Gasteiger charge is -2.30. The van der Waals surface area contributed by atoms with Gasteiger partial charge in [0.25, 0.3) is 0 Å². The van der Waals surface area contributed by atoms with E-state index in [0.717, 1.165) is 6.42 Å². The molecule has 0 saturated carbocycles. The fourth-order valence-corrected chi connectivity index (χ4v) is 3.04. The maximum Gasteiger partial charge on any atom is 0.339 e. The molecule has 1 unspecified atom stereocenters. The molecule has 0 bridgehead atoms. The van der Waals surface area contributed by atoms with Gasteiger partial charge in [0.15, 0.2) is 0 Å². The number of hydrogen-bond acceptors (Lipinski definition) is 6. The maximum atomic E-state index is 11.6. The van der Waals surface area contributed by atoms with E-state index in [2.05, 4.69) is 15.3 Å². The predicted octanol–water partition coefficient (Wildman–Crippen LogP) is 2.27. The van der Waals surface area contributed by atoms with Crippen LogP contribution >= 0.6 is 0 Å². The van der Waals surface area contributed by atoms with Crippen LogP contribution in [-0.2, 0) is 4.79 Å². The fraction of sp³-hybridized carbons (Fsp3) is 0.368. The summed E-state index contributed by atoms with van der Waals surface area (Å²) in [6.07, 6.45) is 2.84. The van der Waals surface area contributed by atoms with Crippen LogP contribution < -0.4 is 10.1 Å². The third-order valence-electron chi connectivity index (χ3n) is 4.42. The number of likely N-dealkylation sites (tertiary alicyclic amines) is 1. The van der Waals surface area contributed by atoms with Gasteiger partial charge in [-0.3, -0.25) is 4.79 Å². The number of hydrogen-bond donors (Lipinski definition) is 2. The Morgan fingerprint density at radius 3 is 2.93 bits per heavy atom. The van der Waals surface area contributed by atoms with Crippen molar-refractivity contribution >= 4 is 17.8 Å². The van der Waals surface area contributed by atoms with Crippen molar-refractivity contribution in [1.82, 2.24) is 14.9 Å². The van der Waals surface area contributed by atoms with Gasteiger partial charge in [-0.05, 0) is 37.6 Å². The number of nitrogens with zero attached hydrogens (tertiary/aromatic N) is 3. The van der Waals surface area contributed by atoms with Gasteiger partial charge in [0.05, 0.1) is 12.3 Å². The number of carbonyl (C=O) groups excluding carboxylic acids is 1. The van der Waals surface area contributed by atoms with E-state index in [1.807, 2.05) is 0 Å². The smallest absolute Gasteiger partial charge is 0.339 e. The van der Waals surface area contributed by atoms with Crippen LogP contribution in [0, 0.1) is 0 Å². The number of piperidine rings is 1. The molecular weight excluding hydrogens is 348 g/mol. The number of nitrogens with one attached hydrogen (secondary N) is 1. The summed E-state index contributed by atoms with van der Waals surface area (Å²) in [6, 6.07) is 6.77. The molecule has 2 heterocycles. The molecular formula is C19H22N4O4. The second-order valence-electron chi connectivity index (χ2n) is 6.37. The van der Waals surface area contributed by atoms with Crippen molar-refractivity contribution in [2.24, 2.45) is 0 Å². The number of carbonyl (C=O) groups is 2. The largest absolute Gasteiger partial charge is 0.493 e. The first-order valence-corrected chi connectivity index (χ1v) is 8.82. The molecule has 1 amide bonds. The quantitative estimate of drug-likeness (QED) is 0.804. The molecule has 1 saturated heterocycles. The fourth-order valence-electron chi connectivity index (χ4n) is 3.04. The Hall–Kier alpha value is -3.16. The van der Waals surface area contributed by atoms with E-state index in [4.69, 9.17) is 4.74 Å². The molecule has 0 aliphatic carbocycles. The minimum Gasteiger partial charge on any atom is -0.493 e. The first-order chi connectivity index (χ1) is 13.0. The van der Waals surface area contributed by atoms with E-state index in [-0.39, 0.29) is 17.5 Å². The van der Waals surface area contributed by atoms with E-state index in [0.29, 0.717) is 42.5 Å². The predicted molar refractivity (Wildman–Crippen MR) is 99.9 cm³/mol. The van der Waals surface area contributed by atoms with Gasteiger partial charge in [-0.25, -0.2) is 14.8 Å². The number of carboxylic acid groups (broad SMARTS) is 1. The summed E-state index contributed by atoms with van der Waals surface area (Å²) in [7, 11) is 1.78. The van der Waals surface area contributed by atoms with Crippen molar-refractivity contribution in [3.8, 4) is 17.0 Å². The summed E-state index contributed by atoms with van der Waals surface area (Å²) in [5, 5.41) is 12.7. The Morgan fingerprint density at radius 2 is 2.22 bits per heavy atom. The van der Waals surface area contributed by atoms with Crippen molar-refractivity contribution in [1.29, 1.82) is 0 Å². The number of carboxylic acids is 1. The second kappa shape index (κ2) is 8.03. The molecule has 2 N–H and O–H groups in total. The third-order valence-corrected chi connectivity index (χ3v) is 4.42. The average molecular weight is 370 g/mol. The number of benzene rings is 1. The highest BCUT2D eigenvalue weighted by atomic mass is 16.5. The summed E-state index contributed by atoms with van der Waals surface area (Å²) in [4.78, 5) is 33.5. The Labute approximate surface area is 157 Å². The van der Waals surface area contributed by atoms with E-state index in [9.17, 15) is 14.7 Å². The summed E-state index contributed by atoms with van der Waals surface area (Å²) < 4.78 is 5.37. The van der Waals surface area contributed by atoms with Crippen molar-refractivity contribution in [2.45, 2.75) is 25.8 Å². The normalized spacial score (nSPS) is 16.9. The average Bonchev–Trinajstić information content (AvgIpc) is 2.65. The SMILES string of the molecule is CCOc1ccc(-c2ccnc(NC3CCC(=O)N(C)C3)n2)cc1C(=O)O. The van der Waals surface area contributed by atoms with Crippen LogP contribution in [0.5, 0.6) is 5.75 Å². The van der Waals surface area contributed by atoms with Crippen LogP contribution in [0.4, 0.5) is 5.95 Å². The summed E-state index contributed by atoms with van der Waals surface area (Å²) >= 11 is 0. The molecule has 1 aliphatic heterocycles. The molecule has 1 aliphatic rings. The van der Waals surface area contributed by atoms with Crippen LogP contribution in [0.3, 0.4) is 0 Å². The Bertz CT molecular complexity index is 855. The molecule has 0 radical (unpaired) electrons. The molecule has 1 fully saturated rings. The Kier molecular flexibility index (Phi) is 5.54. The van der Waals surface area contributed by atoms with Crippen LogP contribution in [0.15, 0.2) is 30.5 Å². The number of amides is 1. The van der Waals surface area contributed by atoms with Gasteiger partial charge < -0.3 is 20.1 Å². The van der Waals surface area contributed by atoms with Crippen molar-refractivity contribution in [3.05, 3.63) is 36.0 Å². The lowest BCUT2D eigenvalue weighted by molar-refractivity contribution is -0.132. The van der Waals surface area contributed by atoms with E-state index in [1.165, 1.54) is 0 Å². The van der Waals surface area contributed by atoms with E-state index < -0.39 is 5.97 Å². The highest BCUT2D eigenvalue weighted by Gasteiger charge is 2.23. The first kappa shape index (κ1) is 18.6. The van der Waals surface area contributed by atoms with Gasteiger partial charge in [0, 0.05) is 37.8 Å². The lowest BCUT2D eigenvalue weighted by atomic mass is 10.1. The van der Waals surface area contributed by atoms with Gasteiger partial charge in [0.1, 0.15) is 11.3 Å². The molecule has 1 atom stereocenters. The van der Waals surface area contributed by atoms with Crippen molar-refractivity contribution in [3.63, 3.8) is 0 Å². The van der Waals surface area contributed by atoms with Crippen LogP contribution in [0.2, 0.25) is 0 Å². The highest BCUT2D eigenvalue weighted by Crippen LogP contribution is 2.26. The lowest BCUT2D eigenvalue weighted by Crippen LogP contribution is -2.43. The summed E-state index contributed by atoms with van der Waals surface area (Å²) in [5.74, 6) is -0.136. The first-order valence-electron chi connectivity index (χ1n) is 8.82. The van der Waals surface area contributed by atoms with Crippen molar-refractivity contribution < 1.29 is 19.4 Å². The second-order valence-corrected chi connectivity index (χ2v) is 6.37. The molecule has 1 aromatic heterocycles. The van der Waals surface area contributed by atoms with Gasteiger partial charge >= 0.3 is 5.97 Å². The molecule has 1 aromatic carbocycles. The molecule has 27 heavy (non-hydrogen) atoms. The molecule has 3 rings (SSSR count). The molecule has 142 valence electrons. The Morgan fingerprint density at radius 1 is 1.41 bits per heavy atom. The Balaban J connectivity index is 1.82. The zero-order valence-corrected chi connectivity index (χ0v) is 15.3. The maximum absolute atomic E-state index is 11.6. The monoisotopic (exact) mass is 370 g/mol. The van der Waals surface area contributed by atoms with Gasteiger partial charge in [-0.15, -0.1) is 0 Å². The number of anilines is 1. The molecule has 8 heteroatoms. The van der Waals surface area contributed by atoms with Crippen LogP contribution in [0.1, 0.15) is 30.1 Å². The zero-order valence-electron chi connectivity index (χ0n) is 15.3. The topological polar surface area (TPSA) is 105 Å². The minimum atomic E-state index is -1.05. The molecule has 2 aromatic rings. The minimum absolute atomic E-state index is 0.0814. The number of rotatable bonds is 6. The molecule has 8 nitrogen and oxygen atoms in total. The van der Waals surface area contributed by atoms with Crippen molar-refractivity contribution in [2.75, 3.05) is 25.5 Å². The van der Waals surface area contributed by atoms with E-state index in [1.54, 1.807) is 49.3 Å². The third kappa shape index (κ3) is 4.33. The van der Waals surface area contributed by atoms with Crippen LogP contribution in [-0.4, -0.2) is 58.1 Å². The zero-order chi connectivity index (χ0) is 19.4. The summed E-state index contributed by atoms with van der Waals surface area (Å²) in [5.41, 5.74) is 1.37. The number of aromatic nitrogens is 2. The summed E-state index contributed by atoms with van der Waals surface area (Å²) in [6.45, 7) is 2.79. The van der Waals surface area contributed by atoms with Gasteiger partial charge in [-0.2, -0.15) is 0 Å². The van der Waals surface area contributed by atoms with Gasteiger partial charge in [-0.1, -0.05) is 0 Å². The number of likely N-dealkylation sites (N-methyl/N-ethyl adjacent to an activating group) is 1.